The monoisotopic (exact) mass is 450 g/mol. The molecule has 164 valence electrons. The summed E-state index contributed by atoms with van der Waals surface area (Å²) >= 11 is 6.03. The van der Waals surface area contributed by atoms with Crippen LogP contribution in [0.5, 0.6) is 0 Å². The Morgan fingerprint density at radius 2 is 1.78 bits per heavy atom. The third-order valence-corrected chi connectivity index (χ3v) is 6.03. The van der Waals surface area contributed by atoms with Crippen molar-refractivity contribution >= 4 is 29.2 Å². The second kappa shape index (κ2) is 9.10. The van der Waals surface area contributed by atoms with Crippen molar-refractivity contribution in [2.45, 2.75) is 12.5 Å². The van der Waals surface area contributed by atoms with Crippen molar-refractivity contribution in [1.82, 2.24) is 19.9 Å². The van der Waals surface area contributed by atoms with E-state index < -0.39 is 0 Å². The van der Waals surface area contributed by atoms with Gasteiger partial charge >= 0.3 is 0 Å². The molecule has 0 saturated carbocycles. The minimum atomic E-state index is -0.248. The quantitative estimate of drug-likeness (QED) is 0.594. The average Bonchev–Trinajstić information content (AvgIpc) is 3.51. The molecule has 2 aliphatic rings. The molecule has 2 aromatic heterocycles. The van der Waals surface area contributed by atoms with E-state index in [-0.39, 0.29) is 11.9 Å². The highest BCUT2D eigenvalue weighted by Gasteiger charge is 2.35. The van der Waals surface area contributed by atoms with E-state index in [9.17, 15) is 4.79 Å². The van der Waals surface area contributed by atoms with Crippen LogP contribution in [0, 0.1) is 0 Å². The number of hydrogen-bond acceptors (Lipinski definition) is 7. The molecule has 5 rings (SSSR count). The van der Waals surface area contributed by atoms with Gasteiger partial charge in [-0.1, -0.05) is 23.7 Å². The number of furan rings is 1. The molecule has 2 aliphatic heterocycles. The maximum absolute atomic E-state index is 13.3. The van der Waals surface area contributed by atoms with Crippen molar-refractivity contribution < 1.29 is 9.21 Å². The minimum absolute atomic E-state index is 0.0419. The van der Waals surface area contributed by atoms with Gasteiger partial charge in [0.15, 0.2) is 0 Å². The lowest BCUT2D eigenvalue weighted by Gasteiger charge is -2.34. The number of carbonyl (C=O) groups excluding carboxylic acids is 1. The van der Waals surface area contributed by atoms with Crippen molar-refractivity contribution in [3.63, 3.8) is 0 Å². The van der Waals surface area contributed by atoms with Gasteiger partial charge in [0.05, 0.1) is 18.5 Å². The van der Waals surface area contributed by atoms with Crippen LogP contribution in [0.3, 0.4) is 0 Å². The summed E-state index contributed by atoms with van der Waals surface area (Å²) in [6, 6.07) is 12.8. The second-order valence-electron chi connectivity index (χ2n) is 7.84. The van der Waals surface area contributed by atoms with E-state index in [4.69, 9.17) is 21.1 Å². The maximum Gasteiger partial charge on any atom is 0.257 e. The number of carbonyl (C=O) groups is 1. The second-order valence-corrected chi connectivity index (χ2v) is 8.28. The summed E-state index contributed by atoms with van der Waals surface area (Å²) in [5.41, 5.74) is 1.81. The van der Waals surface area contributed by atoms with E-state index in [1.54, 1.807) is 23.7 Å². The molecule has 0 N–H and O–H groups in total. The number of benzene rings is 1. The first kappa shape index (κ1) is 20.7. The van der Waals surface area contributed by atoms with Gasteiger partial charge in [-0.15, -0.1) is 0 Å². The molecule has 1 atom stereocenters. The lowest BCUT2D eigenvalue weighted by atomic mass is 10.0. The van der Waals surface area contributed by atoms with E-state index in [0.29, 0.717) is 18.0 Å². The van der Waals surface area contributed by atoms with E-state index in [2.05, 4.69) is 19.8 Å². The van der Waals surface area contributed by atoms with E-state index in [1.165, 1.54) is 0 Å². The fourth-order valence-corrected chi connectivity index (χ4v) is 4.21. The highest BCUT2D eigenvalue weighted by Crippen LogP contribution is 2.33. The van der Waals surface area contributed by atoms with Crippen LogP contribution in [0.15, 0.2) is 70.6 Å². The summed E-state index contributed by atoms with van der Waals surface area (Å²) in [6.45, 7) is 3.38. The number of anilines is 1. The molecule has 9 heteroatoms. The van der Waals surface area contributed by atoms with Crippen molar-refractivity contribution in [1.29, 1.82) is 0 Å². The average molecular weight is 451 g/mol. The largest absolute Gasteiger partial charge is 0.467 e. The lowest BCUT2D eigenvalue weighted by molar-refractivity contribution is -0.134. The van der Waals surface area contributed by atoms with Crippen molar-refractivity contribution in [2.24, 2.45) is 5.10 Å². The molecular formula is C23H23ClN6O2. The number of aromatic nitrogens is 2. The van der Waals surface area contributed by atoms with Gasteiger partial charge in [-0.05, 0) is 35.9 Å². The number of rotatable bonds is 5. The summed E-state index contributed by atoms with van der Waals surface area (Å²) in [5.74, 6) is 1.42. The molecule has 1 amide bonds. The lowest BCUT2D eigenvalue weighted by Crippen LogP contribution is -2.50. The fourth-order valence-electron chi connectivity index (χ4n) is 4.08. The van der Waals surface area contributed by atoms with Crippen LogP contribution in [0.2, 0.25) is 5.02 Å². The molecule has 1 fully saturated rings. The Hall–Kier alpha value is -3.23. The van der Waals surface area contributed by atoms with Gasteiger partial charge in [-0.3, -0.25) is 9.69 Å². The molecule has 0 unspecified atom stereocenters. The predicted molar refractivity (Wildman–Crippen MR) is 122 cm³/mol. The van der Waals surface area contributed by atoms with Gasteiger partial charge in [0, 0.05) is 50.0 Å². The Bertz CT molecular complexity index is 1080. The standard InChI is InChI=1S/C23H23ClN6O2/c24-18-6-4-17(5-7-18)19-15-20(21-3-1-14-32-21)30(27-19)22(31)16-28-10-12-29(13-11-28)23-25-8-2-9-26-23/h1-9,14,20H,10-13,15-16H2/t20-/m0/s1. The van der Waals surface area contributed by atoms with Crippen molar-refractivity contribution in [3.05, 3.63) is 77.5 Å². The SMILES string of the molecule is O=C(CN1CCN(c2ncccn2)CC1)N1N=C(c2ccc(Cl)cc2)C[C@H]1c1ccco1. The first-order valence-electron chi connectivity index (χ1n) is 10.6. The first-order valence-corrected chi connectivity index (χ1v) is 11.0. The number of hydrogen-bond donors (Lipinski definition) is 0. The van der Waals surface area contributed by atoms with Gasteiger partial charge in [0.2, 0.25) is 5.95 Å². The Labute approximate surface area is 191 Å². The van der Waals surface area contributed by atoms with Crippen LogP contribution in [0.4, 0.5) is 5.95 Å². The van der Waals surface area contributed by atoms with Crippen LogP contribution < -0.4 is 4.90 Å². The van der Waals surface area contributed by atoms with Gasteiger partial charge in [0.25, 0.3) is 5.91 Å². The van der Waals surface area contributed by atoms with E-state index >= 15 is 0 Å². The van der Waals surface area contributed by atoms with Crippen LogP contribution in [0.25, 0.3) is 0 Å². The molecule has 0 bridgehead atoms. The highest BCUT2D eigenvalue weighted by atomic mass is 35.5. The topological polar surface area (TPSA) is 78.1 Å². The Balaban J connectivity index is 1.28. The number of halogens is 1. The maximum atomic E-state index is 13.3. The van der Waals surface area contributed by atoms with Gasteiger partial charge in [-0.2, -0.15) is 5.10 Å². The zero-order chi connectivity index (χ0) is 21.9. The van der Waals surface area contributed by atoms with E-state index in [0.717, 1.165) is 49.2 Å². The summed E-state index contributed by atoms with van der Waals surface area (Å²) in [4.78, 5) is 26.2. The molecule has 0 aliphatic carbocycles. The smallest absolute Gasteiger partial charge is 0.257 e. The third-order valence-electron chi connectivity index (χ3n) is 5.78. The molecule has 1 aromatic carbocycles. The van der Waals surface area contributed by atoms with E-state index in [1.807, 2.05) is 42.5 Å². The summed E-state index contributed by atoms with van der Waals surface area (Å²) in [6.07, 6.45) is 5.72. The Kier molecular flexibility index (Phi) is 5.87. The van der Waals surface area contributed by atoms with Gasteiger partial charge in [0.1, 0.15) is 11.8 Å². The normalized spacial score (nSPS) is 19.3. The zero-order valence-electron chi connectivity index (χ0n) is 17.5. The molecule has 8 nitrogen and oxygen atoms in total. The number of nitrogens with zero attached hydrogens (tertiary/aromatic N) is 6. The van der Waals surface area contributed by atoms with Crippen molar-refractivity contribution in [3.8, 4) is 0 Å². The first-order chi connectivity index (χ1) is 15.7. The molecule has 32 heavy (non-hydrogen) atoms. The zero-order valence-corrected chi connectivity index (χ0v) is 18.2. The van der Waals surface area contributed by atoms with Crippen molar-refractivity contribution in [2.75, 3.05) is 37.6 Å². The summed E-state index contributed by atoms with van der Waals surface area (Å²) < 4.78 is 5.63. The summed E-state index contributed by atoms with van der Waals surface area (Å²) in [5, 5.41) is 6.94. The predicted octanol–water partition coefficient (Wildman–Crippen LogP) is 3.22. The van der Waals surface area contributed by atoms with Crippen LogP contribution in [0.1, 0.15) is 23.8 Å². The highest BCUT2D eigenvalue weighted by molar-refractivity contribution is 6.30. The van der Waals surface area contributed by atoms with Gasteiger partial charge in [-0.25, -0.2) is 15.0 Å². The Morgan fingerprint density at radius 1 is 1.03 bits per heavy atom. The molecular weight excluding hydrogens is 428 g/mol. The minimum Gasteiger partial charge on any atom is -0.467 e. The summed E-state index contributed by atoms with van der Waals surface area (Å²) in [7, 11) is 0. The molecule has 0 radical (unpaired) electrons. The number of piperazine rings is 1. The molecule has 4 heterocycles. The van der Waals surface area contributed by atoms with Crippen LogP contribution in [-0.2, 0) is 4.79 Å². The molecule has 0 spiro atoms. The number of hydrazone groups is 1. The third kappa shape index (κ3) is 4.37. The molecule has 3 aromatic rings. The molecule has 1 saturated heterocycles. The fraction of sp³-hybridized carbons (Fsp3) is 0.304. The Morgan fingerprint density at radius 3 is 2.47 bits per heavy atom. The van der Waals surface area contributed by atoms with Crippen LogP contribution >= 0.6 is 11.6 Å². The van der Waals surface area contributed by atoms with Crippen LogP contribution in [-0.4, -0.2) is 64.2 Å². The number of amides is 1. The van der Waals surface area contributed by atoms with Gasteiger partial charge < -0.3 is 9.32 Å².